The second kappa shape index (κ2) is 11.6. The highest BCUT2D eigenvalue weighted by Crippen LogP contribution is 2.33. The summed E-state index contributed by atoms with van der Waals surface area (Å²) in [4.78, 5) is 28.1. The Bertz CT molecular complexity index is 841. The summed E-state index contributed by atoms with van der Waals surface area (Å²) in [6.45, 7) is 2.49. The number of aliphatic hydroxyl groups is 1. The zero-order valence-corrected chi connectivity index (χ0v) is 20.8. The Balaban J connectivity index is 1.47. The number of rotatable bonds is 8. The van der Waals surface area contributed by atoms with Crippen molar-refractivity contribution in [2.45, 2.75) is 102 Å². The molecule has 34 heavy (non-hydrogen) atoms. The minimum absolute atomic E-state index is 0.00410. The van der Waals surface area contributed by atoms with Gasteiger partial charge in [-0.1, -0.05) is 43.5 Å². The topological polar surface area (TPSA) is 93.7 Å². The van der Waals surface area contributed by atoms with Gasteiger partial charge in [-0.25, -0.2) is 0 Å². The molecule has 5 atom stereocenters. The Kier molecular flexibility index (Phi) is 8.61. The van der Waals surface area contributed by atoms with Crippen LogP contribution in [0.25, 0.3) is 0 Å². The fourth-order valence-corrected chi connectivity index (χ4v) is 6.11. The first kappa shape index (κ1) is 25.1. The molecule has 2 amide bonds. The molecule has 0 bridgehead atoms. The van der Waals surface area contributed by atoms with Gasteiger partial charge >= 0.3 is 0 Å². The van der Waals surface area contributed by atoms with Gasteiger partial charge in [-0.3, -0.25) is 14.5 Å². The average Bonchev–Trinajstić information content (AvgIpc) is 3.37. The van der Waals surface area contributed by atoms with Gasteiger partial charge in [0.15, 0.2) is 0 Å². The highest BCUT2D eigenvalue weighted by atomic mass is 16.3. The Morgan fingerprint density at radius 2 is 1.79 bits per heavy atom. The molecular formula is C27H42N4O3. The molecule has 0 spiro atoms. The summed E-state index contributed by atoms with van der Waals surface area (Å²) in [6, 6.07) is 7.35. The van der Waals surface area contributed by atoms with Crippen LogP contribution in [0.2, 0.25) is 0 Å². The highest BCUT2D eigenvalue weighted by molar-refractivity contribution is 5.83. The number of likely N-dealkylation sites (tertiary alicyclic amines) is 1. The van der Waals surface area contributed by atoms with Crippen LogP contribution in [0.4, 0.5) is 0 Å². The van der Waals surface area contributed by atoms with Crippen LogP contribution in [-0.4, -0.2) is 59.8 Å². The van der Waals surface area contributed by atoms with E-state index in [9.17, 15) is 14.7 Å². The minimum atomic E-state index is -0.868. The standard InChI is InChI=1S/C27H42N4O3/c1-18(28-2)25(32)30-24(20-11-4-3-5-12-20)27(34)31-17-9-16-23(31)26(33)29-22-15-8-13-19-10-6-7-14-21(19)22/h6-7,10,14,18,20,22-24,27-28,34H,3-5,8-9,11-13,15-17H2,1-2H3,(H,29,33)(H,30,32)/t18-,22+,23-,24-,27?/m0/s1. The molecule has 0 aromatic heterocycles. The van der Waals surface area contributed by atoms with Gasteiger partial charge in [-0.05, 0) is 76.0 Å². The molecule has 7 nitrogen and oxygen atoms in total. The van der Waals surface area contributed by atoms with Crippen LogP contribution in [0.3, 0.4) is 0 Å². The van der Waals surface area contributed by atoms with E-state index in [0.717, 1.165) is 57.8 Å². The summed E-state index contributed by atoms with van der Waals surface area (Å²) in [5.74, 6) is 0.123. The number of aryl methyl sites for hydroxylation is 1. The van der Waals surface area contributed by atoms with Crippen molar-refractivity contribution in [1.82, 2.24) is 20.9 Å². The van der Waals surface area contributed by atoms with Crippen LogP contribution in [0.5, 0.6) is 0 Å². The third kappa shape index (κ3) is 5.64. The number of fused-ring (bicyclic) bond motifs is 1. The second-order valence-corrected chi connectivity index (χ2v) is 10.4. The predicted octanol–water partition coefficient (Wildman–Crippen LogP) is 2.64. The third-order valence-electron chi connectivity index (χ3n) is 8.24. The number of amides is 2. The van der Waals surface area contributed by atoms with Crippen molar-refractivity contribution >= 4 is 11.8 Å². The van der Waals surface area contributed by atoms with E-state index in [1.165, 1.54) is 17.5 Å². The number of hydrogen-bond acceptors (Lipinski definition) is 5. The fraction of sp³-hybridized carbons (Fsp3) is 0.704. The first-order valence-electron chi connectivity index (χ1n) is 13.3. The van der Waals surface area contributed by atoms with Crippen molar-refractivity contribution < 1.29 is 14.7 Å². The first-order valence-corrected chi connectivity index (χ1v) is 13.3. The Morgan fingerprint density at radius 3 is 2.56 bits per heavy atom. The number of likely N-dealkylation sites (N-methyl/N-ethyl adjacent to an activating group) is 1. The highest BCUT2D eigenvalue weighted by Gasteiger charge is 2.42. The number of carbonyl (C=O) groups is 2. The van der Waals surface area contributed by atoms with Gasteiger partial charge in [0.25, 0.3) is 0 Å². The molecule has 3 aliphatic rings. The smallest absolute Gasteiger partial charge is 0.237 e. The molecule has 1 aromatic carbocycles. The molecule has 2 aliphatic carbocycles. The average molecular weight is 471 g/mol. The van der Waals surface area contributed by atoms with Crippen molar-refractivity contribution in [3.8, 4) is 0 Å². The summed E-state index contributed by atoms with van der Waals surface area (Å²) in [6.07, 6.45) is 9.25. The lowest BCUT2D eigenvalue weighted by molar-refractivity contribution is -0.134. The molecule has 1 heterocycles. The van der Waals surface area contributed by atoms with Crippen molar-refractivity contribution in [1.29, 1.82) is 0 Å². The van der Waals surface area contributed by atoms with Gasteiger partial charge in [-0.15, -0.1) is 0 Å². The Morgan fingerprint density at radius 1 is 1.03 bits per heavy atom. The molecule has 0 radical (unpaired) electrons. The fourth-order valence-electron chi connectivity index (χ4n) is 6.11. The van der Waals surface area contributed by atoms with E-state index in [1.54, 1.807) is 7.05 Å². The summed E-state index contributed by atoms with van der Waals surface area (Å²) in [5.41, 5.74) is 2.54. The molecule has 188 valence electrons. The largest absolute Gasteiger partial charge is 0.376 e. The predicted molar refractivity (Wildman–Crippen MR) is 133 cm³/mol. The van der Waals surface area contributed by atoms with Crippen LogP contribution < -0.4 is 16.0 Å². The Hall–Kier alpha value is -1.96. The number of aliphatic hydroxyl groups excluding tert-OH is 1. The van der Waals surface area contributed by atoms with Crippen molar-refractivity contribution in [2.75, 3.05) is 13.6 Å². The molecular weight excluding hydrogens is 428 g/mol. The van der Waals surface area contributed by atoms with E-state index >= 15 is 0 Å². The maximum absolute atomic E-state index is 13.5. The van der Waals surface area contributed by atoms with Crippen molar-refractivity contribution in [2.24, 2.45) is 5.92 Å². The molecule has 4 rings (SSSR count). The monoisotopic (exact) mass is 470 g/mol. The number of carbonyl (C=O) groups excluding carboxylic acids is 2. The van der Waals surface area contributed by atoms with E-state index in [-0.39, 0.29) is 41.9 Å². The van der Waals surface area contributed by atoms with E-state index < -0.39 is 6.23 Å². The lowest BCUT2D eigenvalue weighted by Gasteiger charge is -2.40. The van der Waals surface area contributed by atoms with Crippen molar-refractivity contribution in [3.63, 3.8) is 0 Å². The van der Waals surface area contributed by atoms with E-state index in [0.29, 0.717) is 6.54 Å². The van der Waals surface area contributed by atoms with Gasteiger partial charge in [0.2, 0.25) is 11.8 Å². The molecule has 1 saturated heterocycles. The van der Waals surface area contributed by atoms with E-state index in [4.69, 9.17) is 0 Å². The quantitative estimate of drug-likeness (QED) is 0.469. The Labute approximate surface area is 204 Å². The number of nitrogens with one attached hydrogen (secondary N) is 3. The molecule has 1 unspecified atom stereocenters. The molecule has 1 aromatic rings. The molecule has 7 heteroatoms. The molecule has 1 saturated carbocycles. The minimum Gasteiger partial charge on any atom is -0.376 e. The third-order valence-corrected chi connectivity index (χ3v) is 8.24. The summed E-state index contributed by atoms with van der Waals surface area (Å²) in [5, 5.41) is 21.0. The molecule has 4 N–H and O–H groups in total. The zero-order valence-electron chi connectivity index (χ0n) is 20.8. The van der Waals surface area contributed by atoms with Crippen LogP contribution in [0, 0.1) is 5.92 Å². The van der Waals surface area contributed by atoms with Gasteiger partial charge in [0.05, 0.1) is 24.2 Å². The van der Waals surface area contributed by atoms with E-state index in [2.05, 4.69) is 34.1 Å². The maximum atomic E-state index is 13.5. The van der Waals surface area contributed by atoms with Gasteiger partial charge in [-0.2, -0.15) is 0 Å². The van der Waals surface area contributed by atoms with Crippen LogP contribution in [-0.2, 0) is 16.0 Å². The zero-order chi connectivity index (χ0) is 24.1. The maximum Gasteiger partial charge on any atom is 0.237 e. The van der Waals surface area contributed by atoms with Crippen LogP contribution in [0.15, 0.2) is 24.3 Å². The summed E-state index contributed by atoms with van der Waals surface area (Å²) < 4.78 is 0. The van der Waals surface area contributed by atoms with Gasteiger partial charge in [0, 0.05) is 6.54 Å². The van der Waals surface area contributed by atoms with Gasteiger partial charge in [0.1, 0.15) is 6.23 Å². The lowest BCUT2D eigenvalue weighted by atomic mass is 9.82. The molecule has 2 fully saturated rings. The number of benzene rings is 1. The SMILES string of the molecule is CN[C@@H](C)C(=O)N[C@@H](C1CCCCC1)C(O)N1CCC[C@H]1C(=O)N[C@@H]1CCCc2ccccc21. The summed E-state index contributed by atoms with van der Waals surface area (Å²) in [7, 11) is 1.76. The molecule has 1 aliphatic heterocycles. The van der Waals surface area contributed by atoms with E-state index in [1.807, 2.05) is 17.9 Å². The summed E-state index contributed by atoms with van der Waals surface area (Å²) >= 11 is 0. The van der Waals surface area contributed by atoms with Crippen LogP contribution >= 0.6 is 0 Å². The van der Waals surface area contributed by atoms with Crippen molar-refractivity contribution in [3.05, 3.63) is 35.4 Å². The number of hydrogen-bond donors (Lipinski definition) is 4. The van der Waals surface area contributed by atoms with Gasteiger partial charge < -0.3 is 21.1 Å². The first-order chi connectivity index (χ1) is 16.5. The normalized spacial score (nSPS) is 26.3. The van der Waals surface area contributed by atoms with Crippen LogP contribution in [0.1, 0.15) is 81.9 Å². The second-order valence-electron chi connectivity index (χ2n) is 10.4. The number of nitrogens with zero attached hydrogens (tertiary/aromatic N) is 1. The lowest BCUT2D eigenvalue weighted by Crippen LogP contribution is -2.60.